The molecule has 0 aromatic carbocycles. The van der Waals surface area contributed by atoms with E-state index in [-0.39, 0.29) is 22.7 Å². The Bertz CT molecular complexity index is 212. The lowest BCUT2D eigenvalue weighted by Gasteiger charge is -2.64. The van der Waals surface area contributed by atoms with Crippen molar-refractivity contribution in [3.05, 3.63) is 0 Å². The van der Waals surface area contributed by atoms with Crippen molar-refractivity contribution in [2.45, 2.75) is 92.0 Å². The van der Waals surface area contributed by atoms with Gasteiger partial charge in [0.05, 0.1) is 16.6 Å². The van der Waals surface area contributed by atoms with E-state index in [4.69, 9.17) is 0 Å². The van der Waals surface area contributed by atoms with Crippen molar-refractivity contribution in [2.24, 2.45) is 0 Å². The molecular weight excluding hydrogens is 210 g/mol. The Hall–Kier alpha value is -0.0800. The molecule has 1 atom stereocenters. The molecule has 0 rings (SSSR count). The summed E-state index contributed by atoms with van der Waals surface area (Å²) in [4.78, 5) is 0. The molecule has 0 fully saturated rings. The first kappa shape index (κ1) is 16.9. The largest absolute Gasteiger partial charge is 0.388 e. The van der Waals surface area contributed by atoms with Crippen LogP contribution in [0.2, 0.25) is 0 Å². The average Bonchev–Trinajstić information content (AvgIpc) is 1.91. The summed E-state index contributed by atoms with van der Waals surface area (Å²) < 4.78 is 0.894. The van der Waals surface area contributed by atoms with Crippen LogP contribution in [0.4, 0.5) is 0 Å². The minimum atomic E-state index is -0.285. The van der Waals surface area contributed by atoms with Crippen LogP contribution in [0.15, 0.2) is 0 Å². The molecule has 0 aliphatic heterocycles. The summed E-state index contributed by atoms with van der Waals surface area (Å²) in [6.07, 6.45) is -0.285. The Kier molecular flexibility index (Phi) is 4.52. The topological polar surface area (TPSA) is 20.2 Å². The van der Waals surface area contributed by atoms with Crippen LogP contribution in [-0.2, 0) is 0 Å². The molecule has 0 aromatic heterocycles. The normalized spacial score (nSPS) is 17.1. The van der Waals surface area contributed by atoms with Gasteiger partial charge in [-0.2, -0.15) is 0 Å². The zero-order valence-corrected chi connectivity index (χ0v) is 13.7. The summed E-state index contributed by atoms with van der Waals surface area (Å²) >= 11 is 0. The highest BCUT2D eigenvalue weighted by Gasteiger charge is 2.56. The molecule has 2 heteroatoms. The molecule has 0 bridgehead atoms. The molecule has 0 amide bonds. The third-order valence-corrected chi connectivity index (χ3v) is 3.97. The first-order valence-electron chi connectivity index (χ1n) is 6.73. The van der Waals surface area contributed by atoms with E-state index in [1.54, 1.807) is 0 Å². The summed E-state index contributed by atoms with van der Waals surface area (Å²) in [6.45, 7) is 23.2. The van der Waals surface area contributed by atoms with Crippen molar-refractivity contribution in [3.8, 4) is 0 Å². The molecule has 2 nitrogen and oxygen atoms in total. The second kappa shape index (κ2) is 4.55. The Labute approximate surface area is 109 Å². The first-order chi connectivity index (χ1) is 7.17. The zero-order chi connectivity index (χ0) is 14.3. The minimum absolute atomic E-state index is 0.0908. The maximum Gasteiger partial charge on any atom is 0.106 e. The SMILES string of the molecule is CC(O)C[N+](C(C)(C)C)(C(C)(C)C)C(C)(C)C. The van der Waals surface area contributed by atoms with E-state index in [0.717, 1.165) is 11.0 Å². The molecule has 1 unspecified atom stereocenters. The molecule has 0 aliphatic rings. The van der Waals surface area contributed by atoms with Gasteiger partial charge in [-0.25, -0.2) is 0 Å². The molecule has 0 heterocycles. The Balaban J connectivity index is 5.93. The van der Waals surface area contributed by atoms with Crippen LogP contribution in [0.25, 0.3) is 0 Å². The first-order valence-corrected chi connectivity index (χ1v) is 6.73. The smallest absolute Gasteiger partial charge is 0.106 e. The van der Waals surface area contributed by atoms with Gasteiger partial charge in [0.1, 0.15) is 12.6 Å². The van der Waals surface area contributed by atoms with Crippen molar-refractivity contribution < 1.29 is 9.59 Å². The highest BCUT2D eigenvalue weighted by atomic mass is 16.3. The molecule has 104 valence electrons. The van der Waals surface area contributed by atoms with Crippen LogP contribution in [0.5, 0.6) is 0 Å². The van der Waals surface area contributed by atoms with Crippen molar-refractivity contribution in [1.82, 2.24) is 0 Å². The third-order valence-electron chi connectivity index (χ3n) is 3.97. The molecular formula is C15H34NO+. The van der Waals surface area contributed by atoms with E-state index >= 15 is 0 Å². The Morgan fingerprint density at radius 2 is 1.00 bits per heavy atom. The Morgan fingerprint density at radius 3 is 1.06 bits per heavy atom. The number of aliphatic hydroxyl groups excluding tert-OH is 1. The van der Waals surface area contributed by atoms with E-state index in [1.807, 2.05) is 6.92 Å². The summed E-state index contributed by atoms with van der Waals surface area (Å²) in [5, 5.41) is 9.96. The summed E-state index contributed by atoms with van der Waals surface area (Å²) in [6, 6.07) is 0. The lowest BCUT2D eigenvalue weighted by molar-refractivity contribution is -1.05. The van der Waals surface area contributed by atoms with E-state index in [0.29, 0.717) is 0 Å². The summed E-state index contributed by atoms with van der Waals surface area (Å²) in [5.74, 6) is 0. The molecule has 0 spiro atoms. The van der Waals surface area contributed by atoms with Gasteiger partial charge in [0.25, 0.3) is 0 Å². The standard InChI is InChI=1S/C15H34NO/c1-12(17)11-16(13(2,3)4,14(5,6)7)15(8,9)10/h12,17H,11H2,1-10H3/q+1. The monoisotopic (exact) mass is 244 g/mol. The number of aliphatic hydroxyl groups is 1. The van der Waals surface area contributed by atoms with Gasteiger partial charge < -0.3 is 9.59 Å². The maximum atomic E-state index is 9.96. The fourth-order valence-electron chi connectivity index (χ4n) is 4.24. The zero-order valence-electron chi connectivity index (χ0n) is 13.7. The van der Waals surface area contributed by atoms with Crippen LogP contribution < -0.4 is 0 Å². The second-order valence-corrected chi connectivity index (χ2v) is 8.35. The van der Waals surface area contributed by atoms with Crippen molar-refractivity contribution >= 4 is 0 Å². The lowest BCUT2D eigenvalue weighted by atomic mass is 9.81. The third kappa shape index (κ3) is 3.03. The quantitative estimate of drug-likeness (QED) is 0.736. The van der Waals surface area contributed by atoms with E-state index in [1.165, 1.54) is 0 Å². The highest BCUT2D eigenvalue weighted by molar-refractivity contribution is 4.83. The van der Waals surface area contributed by atoms with Crippen LogP contribution in [0.3, 0.4) is 0 Å². The van der Waals surface area contributed by atoms with Crippen LogP contribution in [0.1, 0.15) is 69.2 Å². The maximum absolute atomic E-state index is 9.96. The molecule has 0 aromatic rings. The van der Waals surface area contributed by atoms with E-state index in [2.05, 4.69) is 62.3 Å². The number of rotatable bonds is 2. The predicted molar refractivity (Wildman–Crippen MR) is 76.1 cm³/mol. The van der Waals surface area contributed by atoms with Gasteiger partial charge in [0.2, 0.25) is 0 Å². The van der Waals surface area contributed by atoms with Gasteiger partial charge in [0.15, 0.2) is 0 Å². The predicted octanol–water partition coefficient (Wildman–Crippen LogP) is 3.58. The van der Waals surface area contributed by atoms with Gasteiger partial charge >= 0.3 is 0 Å². The number of hydrogen-bond acceptors (Lipinski definition) is 1. The second-order valence-electron chi connectivity index (χ2n) is 8.35. The van der Waals surface area contributed by atoms with Crippen molar-refractivity contribution in [1.29, 1.82) is 0 Å². The molecule has 0 radical (unpaired) electrons. The molecule has 1 N–H and O–H groups in total. The fraction of sp³-hybridized carbons (Fsp3) is 1.00. The van der Waals surface area contributed by atoms with Crippen LogP contribution >= 0.6 is 0 Å². The minimum Gasteiger partial charge on any atom is -0.388 e. The molecule has 0 aliphatic carbocycles. The summed E-state index contributed by atoms with van der Waals surface area (Å²) in [7, 11) is 0. The highest BCUT2D eigenvalue weighted by Crippen LogP contribution is 2.43. The molecule has 0 saturated heterocycles. The molecule has 17 heavy (non-hydrogen) atoms. The van der Waals surface area contributed by atoms with Gasteiger partial charge in [-0.05, 0) is 69.2 Å². The van der Waals surface area contributed by atoms with Gasteiger partial charge in [0, 0.05) is 0 Å². The van der Waals surface area contributed by atoms with Gasteiger partial charge in [-0.3, -0.25) is 0 Å². The van der Waals surface area contributed by atoms with E-state index in [9.17, 15) is 5.11 Å². The van der Waals surface area contributed by atoms with E-state index < -0.39 is 0 Å². The van der Waals surface area contributed by atoms with Gasteiger partial charge in [-0.1, -0.05) is 0 Å². The fourth-order valence-corrected chi connectivity index (χ4v) is 4.24. The lowest BCUT2D eigenvalue weighted by Crippen LogP contribution is -2.77. The average molecular weight is 244 g/mol. The number of hydrogen-bond donors (Lipinski definition) is 1. The number of quaternary nitrogens is 1. The Morgan fingerprint density at radius 1 is 0.765 bits per heavy atom. The molecule has 0 saturated carbocycles. The van der Waals surface area contributed by atoms with Crippen molar-refractivity contribution in [2.75, 3.05) is 6.54 Å². The van der Waals surface area contributed by atoms with Crippen LogP contribution in [-0.4, -0.2) is 38.9 Å². The van der Waals surface area contributed by atoms with Crippen molar-refractivity contribution in [3.63, 3.8) is 0 Å². The van der Waals surface area contributed by atoms with Gasteiger partial charge in [-0.15, -0.1) is 0 Å². The van der Waals surface area contributed by atoms with Crippen LogP contribution in [0, 0.1) is 0 Å². The summed E-state index contributed by atoms with van der Waals surface area (Å²) in [5.41, 5.74) is 0.272. The number of nitrogens with zero attached hydrogens (tertiary/aromatic N) is 1.